The average molecular weight is 560 g/mol. The van der Waals surface area contributed by atoms with Crippen LogP contribution >= 0.6 is 0 Å². The molecule has 6 atom stereocenters. The van der Waals surface area contributed by atoms with Gasteiger partial charge in [-0.2, -0.15) is 0 Å². The summed E-state index contributed by atoms with van der Waals surface area (Å²) in [6.45, 7) is 7.63. The molecule has 0 unspecified atom stereocenters. The van der Waals surface area contributed by atoms with Crippen molar-refractivity contribution in [2.75, 3.05) is 6.54 Å². The first-order valence-electron chi connectivity index (χ1n) is 14.3. The highest BCUT2D eigenvalue weighted by molar-refractivity contribution is 5.94. The van der Waals surface area contributed by atoms with Crippen molar-refractivity contribution < 1.29 is 29.1 Å². The Balaban J connectivity index is 2.21. The molecule has 0 saturated carbocycles. The zero-order valence-corrected chi connectivity index (χ0v) is 24.0. The van der Waals surface area contributed by atoms with Gasteiger partial charge in [0.2, 0.25) is 17.7 Å². The molecule has 40 heavy (non-hydrogen) atoms. The summed E-state index contributed by atoms with van der Waals surface area (Å²) < 4.78 is 0. The Bertz CT molecular complexity index is 1000. The van der Waals surface area contributed by atoms with Gasteiger partial charge in [-0.1, -0.05) is 70.9 Å². The van der Waals surface area contributed by atoms with E-state index in [-0.39, 0.29) is 24.2 Å². The van der Waals surface area contributed by atoms with Gasteiger partial charge in [0, 0.05) is 6.54 Å². The average Bonchev–Trinajstić information content (AvgIpc) is 2.95. The Morgan fingerprint density at radius 1 is 0.975 bits per heavy atom. The van der Waals surface area contributed by atoms with Crippen LogP contribution in [0.4, 0.5) is 4.79 Å². The van der Waals surface area contributed by atoms with E-state index in [0.717, 1.165) is 5.56 Å². The monoisotopic (exact) mass is 559 g/mol. The number of hydrogen-bond donors (Lipinski definition) is 6. The van der Waals surface area contributed by atoms with Crippen LogP contribution in [0.25, 0.3) is 0 Å². The molecule has 0 bridgehead atoms. The van der Waals surface area contributed by atoms with Gasteiger partial charge in [-0.15, -0.1) is 0 Å². The number of amides is 5. The van der Waals surface area contributed by atoms with Crippen LogP contribution in [-0.4, -0.2) is 65.5 Å². The zero-order valence-electron chi connectivity index (χ0n) is 24.0. The molecule has 0 radical (unpaired) electrons. The van der Waals surface area contributed by atoms with Gasteiger partial charge in [-0.25, -0.2) is 9.59 Å². The summed E-state index contributed by atoms with van der Waals surface area (Å²) >= 11 is 0. The lowest BCUT2D eigenvalue weighted by atomic mass is 9.96. The number of carbonyl (C=O) groups is 5. The van der Waals surface area contributed by atoms with Crippen LogP contribution in [0.3, 0.4) is 0 Å². The first kappa shape index (κ1) is 32.6. The predicted octanol–water partition coefficient (Wildman–Crippen LogP) is 2.10. The second-order valence-electron chi connectivity index (χ2n) is 10.6. The van der Waals surface area contributed by atoms with Gasteiger partial charge in [-0.05, 0) is 49.5 Å². The van der Waals surface area contributed by atoms with Crippen LogP contribution in [0.2, 0.25) is 0 Å². The fraction of sp³-hybridized carbons (Fsp3) is 0.621. The van der Waals surface area contributed by atoms with E-state index in [1.807, 2.05) is 51.1 Å². The first-order chi connectivity index (χ1) is 19.1. The van der Waals surface area contributed by atoms with Crippen LogP contribution in [0.15, 0.2) is 30.3 Å². The summed E-state index contributed by atoms with van der Waals surface area (Å²) in [4.78, 5) is 64.2. The van der Waals surface area contributed by atoms with Gasteiger partial charge in [0.1, 0.15) is 24.2 Å². The normalized spacial score (nSPS) is 23.0. The second kappa shape index (κ2) is 16.5. The highest BCUT2D eigenvalue weighted by atomic mass is 16.4. The van der Waals surface area contributed by atoms with Crippen molar-refractivity contribution in [1.29, 1.82) is 0 Å². The summed E-state index contributed by atoms with van der Waals surface area (Å²) in [5.74, 6) is -3.00. The Hall–Kier alpha value is -3.63. The molecule has 1 aromatic rings. The third-order valence-corrected chi connectivity index (χ3v) is 7.60. The lowest BCUT2D eigenvalue weighted by molar-refractivity contribution is -0.140. The van der Waals surface area contributed by atoms with Crippen LogP contribution in [0, 0.1) is 11.8 Å². The molecule has 1 saturated heterocycles. The molecule has 0 aromatic heterocycles. The standard InChI is InChI=1S/C29H45N5O6/c1-5-18(3)23-27(37)31-22(16-15-20-12-8-7-9-13-20)25(35)30-17-11-10-14-21(26(36)33-23)32-29(40)34-24(28(38)39)19(4)6-2/h7-9,12-13,18-19,21-24H,5-6,10-11,14-17H2,1-4H3,(H,30,35)(H,31,37)(H,33,36)(H,38,39)(H2,32,34,40)/t18-,19+,21-,22+,23+,24-/m1/s1. The van der Waals surface area contributed by atoms with E-state index in [1.54, 1.807) is 6.92 Å². The molecule has 6 N–H and O–H groups in total. The van der Waals surface area contributed by atoms with Crippen LogP contribution in [0.5, 0.6) is 0 Å². The Morgan fingerprint density at radius 2 is 1.68 bits per heavy atom. The minimum absolute atomic E-state index is 0.247. The van der Waals surface area contributed by atoms with Gasteiger partial charge in [0.25, 0.3) is 0 Å². The minimum atomic E-state index is -1.16. The smallest absolute Gasteiger partial charge is 0.326 e. The molecule has 11 heteroatoms. The molecule has 1 aliphatic heterocycles. The lowest BCUT2D eigenvalue weighted by Gasteiger charge is -2.28. The van der Waals surface area contributed by atoms with Crippen molar-refractivity contribution in [2.45, 2.75) is 96.8 Å². The van der Waals surface area contributed by atoms with E-state index < -0.39 is 48.0 Å². The van der Waals surface area contributed by atoms with Gasteiger partial charge >= 0.3 is 12.0 Å². The molecule has 0 aliphatic carbocycles. The van der Waals surface area contributed by atoms with Crippen molar-refractivity contribution >= 4 is 29.7 Å². The summed E-state index contributed by atoms with van der Waals surface area (Å²) in [5, 5.41) is 23.1. The minimum Gasteiger partial charge on any atom is -0.480 e. The first-order valence-corrected chi connectivity index (χ1v) is 14.3. The Labute approximate surface area is 236 Å². The topological polar surface area (TPSA) is 166 Å². The number of carboxylic acids is 1. The number of aryl methyl sites for hydroxylation is 1. The Kier molecular flexibility index (Phi) is 13.4. The molecule has 1 fully saturated rings. The SMILES string of the molecule is CC[C@@H](C)[C@@H]1NC(=O)[C@H](NC(=O)N[C@@H](C(=O)O)[C@@H](C)CC)CCCCNC(=O)[C@H](CCc2ccccc2)NC1=O. The molecule has 1 heterocycles. The number of nitrogens with one attached hydrogen (secondary N) is 5. The quantitative estimate of drug-likeness (QED) is 0.257. The van der Waals surface area contributed by atoms with Crippen LogP contribution in [0.1, 0.15) is 71.8 Å². The fourth-order valence-corrected chi connectivity index (χ4v) is 4.54. The third-order valence-electron chi connectivity index (χ3n) is 7.60. The van der Waals surface area contributed by atoms with Crippen molar-refractivity contribution in [3.8, 4) is 0 Å². The van der Waals surface area contributed by atoms with Gasteiger partial charge in [-0.3, -0.25) is 14.4 Å². The van der Waals surface area contributed by atoms with E-state index in [2.05, 4.69) is 26.6 Å². The van der Waals surface area contributed by atoms with Crippen molar-refractivity contribution in [3.63, 3.8) is 0 Å². The summed E-state index contributed by atoms with van der Waals surface area (Å²) in [7, 11) is 0. The highest BCUT2D eigenvalue weighted by Gasteiger charge is 2.33. The van der Waals surface area contributed by atoms with E-state index in [0.29, 0.717) is 45.1 Å². The molecule has 2 rings (SSSR count). The molecule has 222 valence electrons. The fourth-order valence-electron chi connectivity index (χ4n) is 4.54. The van der Waals surface area contributed by atoms with E-state index in [9.17, 15) is 29.1 Å². The predicted molar refractivity (Wildman–Crippen MR) is 151 cm³/mol. The van der Waals surface area contributed by atoms with Crippen molar-refractivity contribution in [3.05, 3.63) is 35.9 Å². The molecule has 11 nitrogen and oxygen atoms in total. The van der Waals surface area contributed by atoms with Crippen molar-refractivity contribution in [2.24, 2.45) is 11.8 Å². The number of carboxylic acid groups (broad SMARTS) is 1. The Morgan fingerprint density at radius 3 is 2.30 bits per heavy atom. The third kappa shape index (κ3) is 10.2. The van der Waals surface area contributed by atoms with Gasteiger partial charge in [0.15, 0.2) is 0 Å². The molecular weight excluding hydrogens is 514 g/mol. The van der Waals surface area contributed by atoms with Gasteiger partial charge in [0.05, 0.1) is 0 Å². The summed E-state index contributed by atoms with van der Waals surface area (Å²) in [5.41, 5.74) is 1.05. The largest absolute Gasteiger partial charge is 0.480 e. The number of benzene rings is 1. The summed E-state index contributed by atoms with van der Waals surface area (Å²) in [6, 6.07) is 5.12. The molecule has 0 spiro atoms. The maximum absolute atomic E-state index is 13.4. The lowest BCUT2D eigenvalue weighted by Crippen LogP contribution is -2.59. The highest BCUT2D eigenvalue weighted by Crippen LogP contribution is 2.13. The van der Waals surface area contributed by atoms with Crippen LogP contribution < -0.4 is 26.6 Å². The number of aliphatic carboxylic acids is 1. The molecule has 1 aromatic carbocycles. The van der Waals surface area contributed by atoms with Gasteiger partial charge < -0.3 is 31.7 Å². The van der Waals surface area contributed by atoms with E-state index >= 15 is 0 Å². The zero-order chi connectivity index (χ0) is 29.7. The number of hydrogen-bond acceptors (Lipinski definition) is 5. The van der Waals surface area contributed by atoms with E-state index in [1.165, 1.54) is 0 Å². The van der Waals surface area contributed by atoms with Crippen LogP contribution in [-0.2, 0) is 25.6 Å². The van der Waals surface area contributed by atoms with Crippen molar-refractivity contribution in [1.82, 2.24) is 26.6 Å². The molecule has 1 aliphatic rings. The molecular formula is C29H45N5O6. The molecule has 5 amide bonds. The number of rotatable bonds is 10. The van der Waals surface area contributed by atoms with E-state index in [4.69, 9.17) is 0 Å². The maximum atomic E-state index is 13.4. The summed E-state index contributed by atoms with van der Waals surface area (Å²) in [6.07, 6.45) is 3.44. The maximum Gasteiger partial charge on any atom is 0.326 e. The number of urea groups is 1. The second-order valence-corrected chi connectivity index (χ2v) is 10.6. The number of carbonyl (C=O) groups excluding carboxylic acids is 4.